The monoisotopic (exact) mass is 182 g/mol. The van der Waals surface area contributed by atoms with Crippen LogP contribution in [0.3, 0.4) is 0 Å². The average molecular weight is 182 g/mol. The van der Waals surface area contributed by atoms with Crippen LogP contribution >= 0.6 is 0 Å². The summed E-state index contributed by atoms with van der Waals surface area (Å²) in [6.07, 6.45) is -1.02. The van der Waals surface area contributed by atoms with Gasteiger partial charge in [0.2, 0.25) is 0 Å². The Morgan fingerprint density at radius 3 is 2.77 bits per heavy atom. The highest BCUT2D eigenvalue weighted by Crippen LogP contribution is 2.20. The highest BCUT2D eigenvalue weighted by molar-refractivity contribution is 5.26. The summed E-state index contributed by atoms with van der Waals surface area (Å²) in [6.45, 7) is 1.56. The predicted molar refractivity (Wildman–Crippen MR) is 43.2 cm³/mol. The molecule has 0 saturated heterocycles. The number of pyridine rings is 1. The molecular formula is C9H8F2N2. The van der Waals surface area contributed by atoms with Crippen LogP contribution in [-0.2, 0) is 6.42 Å². The molecule has 0 atom stereocenters. The van der Waals surface area contributed by atoms with Crippen molar-refractivity contribution in [3.05, 3.63) is 29.1 Å². The first-order chi connectivity index (χ1) is 6.15. The van der Waals surface area contributed by atoms with Crippen molar-refractivity contribution in [2.24, 2.45) is 0 Å². The topological polar surface area (TPSA) is 36.7 Å². The molecule has 0 spiro atoms. The molecular weight excluding hydrogens is 174 g/mol. The molecule has 0 fully saturated rings. The van der Waals surface area contributed by atoms with Crippen molar-refractivity contribution in [2.45, 2.75) is 19.8 Å². The van der Waals surface area contributed by atoms with Crippen LogP contribution in [-0.4, -0.2) is 4.98 Å². The summed E-state index contributed by atoms with van der Waals surface area (Å²) in [5.74, 6) is 0. The minimum absolute atomic E-state index is 0.206. The van der Waals surface area contributed by atoms with Crippen molar-refractivity contribution in [1.82, 2.24) is 4.98 Å². The molecule has 2 nitrogen and oxygen atoms in total. The summed E-state index contributed by atoms with van der Waals surface area (Å²) in [5.41, 5.74) is 0.897. The molecule has 1 aromatic rings. The molecule has 0 aliphatic rings. The Kier molecular flexibility index (Phi) is 2.91. The van der Waals surface area contributed by atoms with Crippen molar-refractivity contribution < 1.29 is 8.78 Å². The normalized spacial score (nSPS) is 10.1. The van der Waals surface area contributed by atoms with E-state index in [9.17, 15) is 8.78 Å². The summed E-state index contributed by atoms with van der Waals surface area (Å²) in [7, 11) is 0. The highest BCUT2D eigenvalue weighted by Gasteiger charge is 2.11. The van der Waals surface area contributed by atoms with Gasteiger partial charge in [0.1, 0.15) is 5.69 Å². The van der Waals surface area contributed by atoms with Gasteiger partial charge in [0.15, 0.2) is 0 Å². The Morgan fingerprint density at radius 1 is 1.62 bits per heavy atom. The van der Waals surface area contributed by atoms with Crippen LogP contribution in [0.4, 0.5) is 8.78 Å². The van der Waals surface area contributed by atoms with Gasteiger partial charge in [-0.15, -0.1) is 0 Å². The van der Waals surface area contributed by atoms with Crippen molar-refractivity contribution in [2.75, 3.05) is 0 Å². The third kappa shape index (κ3) is 2.22. The van der Waals surface area contributed by atoms with E-state index in [2.05, 4.69) is 4.98 Å². The number of hydrogen-bond acceptors (Lipinski definition) is 2. The van der Waals surface area contributed by atoms with Crippen molar-refractivity contribution in [3.63, 3.8) is 0 Å². The maximum absolute atomic E-state index is 12.2. The molecule has 13 heavy (non-hydrogen) atoms. The zero-order valence-corrected chi connectivity index (χ0v) is 7.09. The van der Waals surface area contributed by atoms with Crippen LogP contribution in [0, 0.1) is 18.3 Å². The molecule has 0 aliphatic heterocycles. The van der Waals surface area contributed by atoms with Crippen molar-refractivity contribution in [3.8, 4) is 6.07 Å². The molecule has 0 aromatic carbocycles. The van der Waals surface area contributed by atoms with Crippen LogP contribution in [0.25, 0.3) is 0 Å². The number of halogens is 2. The first-order valence-corrected chi connectivity index (χ1v) is 3.75. The summed E-state index contributed by atoms with van der Waals surface area (Å²) < 4.78 is 24.4. The van der Waals surface area contributed by atoms with Crippen LogP contribution in [0.2, 0.25) is 0 Å². The van der Waals surface area contributed by atoms with Gasteiger partial charge in [-0.05, 0) is 18.1 Å². The molecule has 1 aromatic heterocycles. The second kappa shape index (κ2) is 3.94. The van der Waals surface area contributed by atoms with Gasteiger partial charge in [-0.1, -0.05) is 6.07 Å². The minimum Gasteiger partial charge on any atom is -0.255 e. The predicted octanol–water partition coefficient (Wildman–Crippen LogP) is 2.39. The highest BCUT2D eigenvalue weighted by atomic mass is 19.3. The van der Waals surface area contributed by atoms with E-state index in [1.165, 1.54) is 6.20 Å². The molecule has 0 bridgehead atoms. The molecule has 1 heterocycles. The maximum Gasteiger partial charge on any atom is 0.280 e. The van der Waals surface area contributed by atoms with Crippen LogP contribution in [0.1, 0.15) is 23.2 Å². The van der Waals surface area contributed by atoms with Gasteiger partial charge in [0.25, 0.3) is 6.43 Å². The standard InChI is InChI=1S/C9H8F2N2/c1-6-4-7(2-3-12)5-13-8(6)9(10)11/h4-5,9H,2H2,1H3. The molecule has 0 aliphatic carbocycles. The van der Waals surface area contributed by atoms with E-state index in [-0.39, 0.29) is 12.1 Å². The molecule has 0 N–H and O–H groups in total. The molecule has 0 radical (unpaired) electrons. The quantitative estimate of drug-likeness (QED) is 0.704. The second-order valence-corrected chi connectivity index (χ2v) is 2.68. The maximum atomic E-state index is 12.2. The first-order valence-electron chi connectivity index (χ1n) is 3.75. The molecule has 1 rings (SSSR count). The Bertz CT molecular complexity index is 342. The van der Waals surface area contributed by atoms with E-state index in [4.69, 9.17) is 5.26 Å². The van der Waals surface area contributed by atoms with E-state index in [1.807, 2.05) is 6.07 Å². The Labute approximate surface area is 74.8 Å². The van der Waals surface area contributed by atoms with Gasteiger partial charge in [0.05, 0.1) is 12.5 Å². The van der Waals surface area contributed by atoms with E-state index < -0.39 is 6.43 Å². The summed E-state index contributed by atoms with van der Waals surface area (Å²) in [4.78, 5) is 3.60. The fourth-order valence-electron chi connectivity index (χ4n) is 1.06. The Morgan fingerprint density at radius 2 is 2.31 bits per heavy atom. The third-order valence-corrected chi connectivity index (χ3v) is 1.67. The lowest BCUT2D eigenvalue weighted by Crippen LogP contribution is -1.96. The third-order valence-electron chi connectivity index (χ3n) is 1.67. The average Bonchev–Trinajstić information content (AvgIpc) is 2.04. The largest absolute Gasteiger partial charge is 0.280 e. The van der Waals surface area contributed by atoms with Gasteiger partial charge in [-0.2, -0.15) is 5.26 Å². The van der Waals surface area contributed by atoms with Gasteiger partial charge in [-0.3, -0.25) is 4.98 Å². The minimum atomic E-state index is -2.55. The van der Waals surface area contributed by atoms with Crippen molar-refractivity contribution >= 4 is 0 Å². The molecule has 68 valence electrons. The summed E-state index contributed by atoms with van der Waals surface area (Å²) in [6, 6.07) is 3.50. The number of nitriles is 1. The van der Waals surface area contributed by atoms with Gasteiger partial charge < -0.3 is 0 Å². The number of aromatic nitrogens is 1. The lowest BCUT2D eigenvalue weighted by molar-refractivity contribution is 0.145. The molecule has 0 saturated carbocycles. The first kappa shape index (κ1) is 9.59. The smallest absolute Gasteiger partial charge is 0.255 e. The van der Waals surface area contributed by atoms with E-state index >= 15 is 0 Å². The fourth-order valence-corrected chi connectivity index (χ4v) is 1.06. The second-order valence-electron chi connectivity index (χ2n) is 2.68. The van der Waals surface area contributed by atoms with Gasteiger partial charge >= 0.3 is 0 Å². The molecule has 0 amide bonds. The van der Waals surface area contributed by atoms with Gasteiger partial charge in [0, 0.05) is 6.20 Å². The summed E-state index contributed by atoms with van der Waals surface area (Å²) >= 11 is 0. The molecule has 4 heteroatoms. The van der Waals surface area contributed by atoms with Gasteiger partial charge in [-0.25, -0.2) is 8.78 Å². The number of aryl methyl sites for hydroxylation is 1. The number of nitrogens with zero attached hydrogens (tertiary/aromatic N) is 2. The zero-order valence-electron chi connectivity index (χ0n) is 7.09. The Hall–Kier alpha value is -1.50. The van der Waals surface area contributed by atoms with E-state index in [0.29, 0.717) is 11.1 Å². The zero-order chi connectivity index (χ0) is 9.84. The van der Waals surface area contributed by atoms with Crippen LogP contribution < -0.4 is 0 Å². The number of rotatable bonds is 2. The lowest BCUT2D eigenvalue weighted by atomic mass is 10.1. The number of alkyl halides is 2. The van der Waals surface area contributed by atoms with E-state index in [0.717, 1.165) is 0 Å². The van der Waals surface area contributed by atoms with Crippen LogP contribution in [0.5, 0.6) is 0 Å². The van der Waals surface area contributed by atoms with Crippen molar-refractivity contribution in [1.29, 1.82) is 5.26 Å². The SMILES string of the molecule is Cc1cc(CC#N)cnc1C(F)F. The Balaban J connectivity index is 3.00. The number of hydrogen-bond donors (Lipinski definition) is 0. The van der Waals surface area contributed by atoms with E-state index in [1.54, 1.807) is 13.0 Å². The lowest BCUT2D eigenvalue weighted by Gasteiger charge is -2.03. The summed E-state index contributed by atoms with van der Waals surface area (Å²) in [5, 5.41) is 8.36. The molecule has 0 unspecified atom stereocenters. The fraction of sp³-hybridized carbons (Fsp3) is 0.333. The van der Waals surface area contributed by atoms with Crippen LogP contribution in [0.15, 0.2) is 12.3 Å².